The van der Waals surface area contributed by atoms with Gasteiger partial charge >= 0.3 is 13.7 Å². The molecule has 0 aliphatic carbocycles. The average molecular weight is 1040 g/mol. The van der Waals surface area contributed by atoms with Gasteiger partial charge in [0.2, 0.25) is 11.8 Å². The fraction of sp³-hybridized carbons (Fsp3) is 0.118. The Morgan fingerprint density at radius 3 is 1.31 bits per heavy atom. The lowest BCUT2D eigenvalue weighted by molar-refractivity contribution is 0.271. The largest absolute Gasteiger partial charge is 0.493 e. The summed E-state index contributed by atoms with van der Waals surface area (Å²) in [6, 6.07) is 75.5. The van der Waals surface area contributed by atoms with Crippen LogP contribution in [0.5, 0.6) is 11.5 Å². The lowest BCUT2D eigenvalue weighted by atomic mass is 9.50. The van der Waals surface area contributed by atoms with Gasteiger partial charge in [-0.15, -0.1) is 0 Å². The zero-order valence-electron chi connectivity index (χ0n) is 44.8. The summed E-state index contributed by atoms with van der Waals surface area (Å²) in [5, 5.41) is 14.6. The Kier molecular flexibility index (Phi) is 14.0. The molecule has 12 aromatic rings. The molecular weight excluding hydrogens is 986 g/mol. The van der Waals surface area contributed by atoms with E-state index >= 15 is 0 Å². The van der Waals surface area contributed by atoms with Crippen LogP contribution in [0.4, 0.5) is 0 Å². The van der Waals surface area contributed by atoms with E-state index < -0.39 is 13.7 Å². The van der Waals surface area contributed by atoms with Gasteiger partial charge in [0.05, 0.1) is 30.5 Å². The van der Waals surface area contributed by atoms with E-state index in [1.54, 1.807) is 0 Å². The van der Waals surface area contributed by atoms with Gasteiger partial charge in [0.25, 0.3) is 5.70 Å². The summed E-state index contributed by atoms with van der Waals surface area (Å²) in [5.74, 6) is 2.09. The summed E-state index contributed by atoms with van der Waals surface area (Å²) in [4.78, 5) is 14.8. The summed E-state index contributed by atoms with van der Waals surface area (Å²) < 4.78 is 31.3. The van der Waals surface area contributed by atoms with Crippen LogP contribution >= 0.6 is 0 Å². The second-order valence-corrected chi connectivity index (χ2v) is 20.7. The van der Waals surface area contributed by atoms with Crippen molar-refractivity contribution in [3.05, 3.63) is 252 Å². The van der Waals surface area contributed by atoms with Gasteiger partial charge in [-0.05, 0) is 60.4 Å². The van der Waals surface area contributed by atoms with Gasteiger partial charge in [0, 0.05) is 33.3 Å². The Bertz CT molecular complexity index is 3990. The molecule has 80 heavy (non-hydrogen) atoms. The third-order valence-corrected chi connectivity index (χ3v) is 14.2. The van der Waals surface area contributed by atoms with Crippen LogP contribution in [0.25, 0.3) is 71.6 Å². The second kappa shape index (κ2) is 22.1. The third-order valence-electron chi connectivity index (χ3n) is 14.2. The molecule has 4 heterocycles. The van der Waals surface area contributed by atoms with Crippen molar-refractivity contribution in [2.75, 3.05) is 13.2 Å². The van der Waals surface area contributed by atoms with Gasteiger partial charge in [-0.25, -0.2) is 14.8 Å². The zero-order chi connectivity index (χ0) is 54.7. The van der Waals surface area contributed by atoms with Crippen LogP contribution in [0.1, 0.15) is 39.5 Å². The highest BCUT2D eigenvalue weighted by Crippen LogP contribution is 2.39. The summed E-state index contributed by atoms with van der Waals surface area (Å²) in [6.07, 6.45) is 0. The highest BCUT2D eigenvalue weighted by atomic mass is 16.5. The van der Waals surface area contributed by atoms with Gasteiger partial charge in [0.1, 0.15) is 34.2 Å². The molecule has 0 unspecified atom stereocenters. The lowest BCUT2D eigenvalue weighted by Crippen LogP contribution is -2.54. The number of aromatic nitrogens is 4. The maximum absolute atomic E-state index is 12.3. The summed E-state index contributed by atoms with van der Waals surface area (Å²) in [5.41, 5.74) is 9.34. The fourth-order valence-corrected chi connectivity index (χ4v) is 10.8. The molecule has 0 saturated heterocycles. The summed E-state index contributed by atoms with van der Waals surface area (Å²) in [7, 11) is 0. The molecule has 386 valence electrons. The Morgan fingerprint density at radius 2 is 0.900 bits per heavy atom. The molecule has 4 aromatic heterocycles. The molecule has 0 radical (unpaired) electrons. The molecule has 0 N–H and O–H groups in total. The maximum atomic E-state index is 12.3. The molecule has 0 atom stereocenters. The molecule has 0 spiro atoms. The Labute approximate surface area is 465 Å². The van der Waals surface area contributed by atoms with Crippen molar-refractivity contribution < 1.29 is 18.3 Å². The van der Waals surface area contributed by atoms with E-state index in [4.69, 9.17) is 28.3 Å². The van der Waals surface area contributed by atoms with Crippen LogP contribution in [0.3, 0.4) is 0 Å². The van der Waals surface area contributed by atoms with E-state index in [0.29, 0.717) is 79.8 Å². The van der Waals surface area contributed by atoms with Crippen LogP contribution in [0.15, 0.2) is 227 Å². The Hall–Kier alpha value is -10.0. The van der Waals surface area contributed by atoms with Crippen molar-refractivity contribution in [2.45, 2.75) is 27.7 Å². The predicted molar refractivity (Wildman–Crippen MR) is 323 cm³/mol. The van der Waals surface area contributed by atoms with E-state index in [1.165, 1.54) is 0 Å². The van der Waals surface area contributed by atoms with Gasteiger partial charge < -0.3 is 27.3 Å². The first-order valence-electron chi connectivity index (χ1n) is 27.0. The average Bonchev–Trinajstić information content (AvgIpc) is 2.94. The minimum atomic E-state index is -0.600. The zero-order valence-corrected chi connectivity index (χ0v) is 44.8. The highest BCUT2D eigenvalue weighted by Gasteiger charge is 2.38. The second-order valence-electron chi connectivity index (χ2n) is 20.7. The normalized spacial score (nSPS) is 12.2. The minimum Gasteiger partial charge on any atom is -0.493 e. The number of nitriles is 1. The maximum Gasteiger partial charge on any atom is 0.328 e. The molecule has 12 heteroatoms. The number of hydrogen-bond donors (Lipinski definition) is 0. The van der Waals surface area contributed by atoms with E-state index in [-0.39, 0.29) is 34.9 Å². The summed E-state index contributed by atoms with van der Waals surface area (Å²) >= 11 is 0. The molecular formula is C68H54B2N6O4. The van der Waals surface area contributed by atoms with Crippen molar-refractivity contribution in [2.24, 2.45) is 11.8 Å². The van der Waals surface area contributed by atoms with E-state index in [2.05, 4.69) is 120 Å². The number of nitrogens with zero attached hydrogens (tertiary/aromatic N) is 6. The van der Waals surface area contributed by atoms with Crippen molar-refractivity contribution in [1.29, 1.82) is 5.26 Å². The fourth-order valence-electron chi connectivity index (χ4n) is 10.8. The molecule has 0 aliphatic rings. The topological polar surface area (TPSA) is 109 Å². The first-order chi connectivity index (χ1) is 39.3. The van der Waals surface area contributed by atoms with E-state index in [9.17, 15) is 11.8 Å². The van der Waals surface area contributed by atoms with Crippen LogP contribution in [0, 0.1) is 29.7 Å². The SMILES string of the molecule is [C-]#[N+]/C(c1nc2ccccc2o1)=c1\c2c(-c3cccc(OCC(C)C)c3)n(B(c3ccccc3)c3ccccc3)/c(=C(/C#N)c3nc4ccccc4o3)c2c(-c2cccc(OCC(C)C)c2)n1B(c1ccccc1)c1ccccc1. The lowest BCUT2D eigenvalue weighted by Gasteiger charge is -2.24. The molecule has 0 bridgehead atoms. The number of hydrogen-bond acceptors (Lipinski definition) is 7. The van der Waals surface area contributed by atoms with E-state index in [1.807, 2.05) is 146 Å². The molecule has 0 amide bonds. The van der Waals surface area contributed by atoms with Crippen molar-refractivity contribution >= 4 is 79.8 Å². The van der Waals surface area contributed by atoms with Gasteiger partial charge in [-0.1, -0.05) is 219 Å². The molecule has 0 aliphatic heterocycles. The van der Waals surface area contributed by atoms with E-state index in [0.717, 1.165) is 33.0 Å². The number of para-hydroxylation sites is 4. The monoisotopic (exact) mass is 1040 g/mol. The Morgan fingerprint density at radius 1 is 0.512 bits per heavy atom. The van der Waals surface area contributed by atoms with Crippen LogP contribution in [0.2, 0.25) is 0 Å². The first kappa shape index (κ1) is 50.8. The Balaban J connectivity index is 1.43. The minimum absolute atomic E-state index is 0.139. The molecule has 10 nitrogen and oxygen atoms in total. The molecule has 12 rings (SSSR count). The number of oxazole rings is 2. The highest BCUT2D eigenvalue weighted by molar-refractivity contribution is 6.85. The molecule has 8 aromatic carbocycles. The number of benzene rings is 8. The predicted octanol–water partition coefficient (Wildman–Crippen LogP) is 11.2. The number of rotatable bonds is 16. The molecule has 0 saturated carbocycles. The molecule has 0 fully saturated rings. The quantitative estimate of drug-likeness (QED) is 0.0700. The van der Waals surface area contributed by atoms with Crippen molar-refractivity contribution in [3.63, 3.8) is 0 Å². The van der Waals surface area contributed by atoms with Gasteiger partial charge in [-0.2, -0.15) is 5.26 Å². The van der Waals surface area contributed by atoms with Crippen molar-refractivity contribution in [3.8, 4) is 40.1 Å². The third kappa shape index (κ3) is 9.62. The number of fused-ring (bicyclic) bond motifs is 3. The smallest absolute Gasteiger partial charge is 0.328 e. The standard InChI is InChI=1S/C68H54B2N6O4/c1-45(2)43-77-53-34-22-24-47(40-53)63-60-61(66(62(72-5)68-74-57-37-19-21-39-59(57)80-68)76(63)70(51-30-14-8-15-31-51)52-32-16-9-17-33-52)64(48-25-23-35-54(41-48)78-44-46(3)4)75(69(49-26-10-6-11-27-49)50-28-12-7-13-29-50)65(60)55(42-71)67-73-56-36-18-20-38-58(56)79-67/h6-41,45-46H,43-44H2,1-4H3/b65-55-,66-62+. The van der Waals surface area contributed by atoms with Crippen LogP contribution in [-0.2, 0) is 0 Å². The van der Waals surface area contributed by atoms with Crippen LogP contribution < -0.4 is 42.0 Å². The van der Waals surface area contributed by atoms with Gasteiger partial charge in [-0.3, -0.25) is 0 Å². The first-order valence-corrected chi connectivity index (χ1v) is 27.0. The number of ether oxygens (including phenoxy) is 2. The summed E-state index contributed by atoms with van der Waals surface area (Å²) in [6.45, 7) is 17.8. The van der Waals surface area contributed by atoms with Crippen LogP contribution in [-0.4, -0.2) is 45.8 Å². The van der Waals surface area contributed by atoms with Crippen molar-refractivity contribution in [1.82, 2.24) is 18.9 Å². The van der Waals surface area contributed by atoms with Gasteiger partial charge in [0.15, 0.2) is 11.2 Å².